The molecule has 1 aromatic carbocycles. The van der Waals surface area contributed by atoms with E-state index >= 15 is 0 Å². The van der Waals surface area contributed by atoms with Gasteiger partial charge in [0.25, 0.3) is 0 Å². The number of anilines is 3. The molecule has 24 heavy (non-hydrogen) atoms. The zero-order valence-electron chi connectivity index (χ0n) is 12.5. The second-order valence-corrected chi connectivity index (χ2v) is 7.04. The van der Waals surface area contributed by atoms with E-state index in [2.05, 4.69) is 26.7 Å². The van der Waals surface area contributed by atoms with Crippen LogP contribution >= 0.6 is 22.7 Å². The molecule has 0 saturated heterocycles. The molecule has 0 amide bonds. The van der Waals surface area contributed by atoms with Crippen molar-refractivity contribution < 1.29 is 4.39 Å². The fourth-order valence-corrected chi connectivity index (χ4v) is 3.70. The van der Waals surface area contributed by atoms with Gasteiger partial charge in [-0.1, -0.05) is 6.07 Å². The average molecular weight is 356 g/mol. The molecular formula is C17H13FN4S2. The van der Waals surface area contributed by atoms with Gasteiger partial charge in [-0.3, -0.25) is 0 Å². The Morgan fingerprint density at radius 3 is 2.62 bits per heavy atom. The Bertz CT molecular complexity index is 949. The third kappa shape index (κ3) is 3.22. The number of rotatable bonds is 5. The van der Waals surface area contributed by atoms with E-state index in [0.717, 1.165) is 21.7 Å². The largest absolute Gasteiger partial charge is 0.349 e. The second kappa shape index (κ2) is 6.54. The topological polar surface area (TPSA) is 49.8 Å². The first-order valence-electron chi connectivity index (χ1n) is 7.32. The Kier molecular flexibility index (Phi) is 4.10. The fourth-order valence-electron chi connectivity index (χ4n) is 2.28. The smallest absolute Gasteiger partial charge is 0.225 e. The summed E-state index contributed by atoms with van der Waals surface area (Å²) in [6.45, 7) is 0.684. The molecule has 120 valence electrons. The summed E-state index contributed by atoms with van der Waals surface area (Å²) in [5.74, 6) is 1.03. The number of fused-ring (bicyclic) bond motifs is 1. The second-order valence-electron chi connectivity index (χ2n) is 5.10. The van der Waals surface area contributed by atoms with Gasteiger partial charge in [0.2, 0.25) is 5.95 Å². The van der Waals surface area contributed by atoms with Crippen molar-refractivity contribution in [2.45, 2.75) is 6.54 Å². The van der Waals surface area contributed by atoms with Crippen molar-refractivity contribution in [2.24, 2.45) is 0 Å². The third-order valence-electron chi connectivity index (χ3n) is 3.41. The van der Waals surface area contributed by atoms with Crippen molar-refractivity contribution in [3.05, 3.63) is 63.9 Å². The van der Waals surface area contributed by atoms with E-state index in [1.807, 2.05) is 22.9 Å². The first-order chi connectivity index (χ1) is 11.8. The molecule has 4 nitrogen and oxygen atoms in total. The minimum absolute atomic E-state index is 0.261. The Balaban J connectivity index is 1.63. The molecule has 0 unspecified atom stereocenters. The predicted octanol–water partition coefficient (Wildman–Crippen LogP) is 5.25. The monoisotopic (exact) mass is 356 g/mol. The normalized spacial score (nSPS) is 10.9. The number of thiophene rings is 2. The SMILES string of the molecule is Fc1ccc(Nc2nc(NCc3cccs3)nc3ccsc23)cc1. The maximum atomic E-state index is 13.1. The summed E-state index contributed by atoms with van der Waals surface area (Å²) in [5, 5.41) is 10.5. The van der Waals surface area contributed by atoms with Gasteiger partial charge < -0.3 is 10.6 Å². The van der Waals surface area contributed by atoms with Crippen LogP contribution in [0, 0.1) is 5.82 Å². The highest BCUT2D eigenvalue weighted by Crippen LogP contribution is 2.29. The zero-order valence-corrected chi connectivity index (χ0v) is 14.1. The minimum atomic E-state index is -0.261. The van der Waals surface area contributed by atoms with Crippen LogP contribution in [-0.4, -0.2) is 9.97 Å². The number of aromatic nitrogens is 2. The molecule has 0 atom stereocenters. The molecule has 3 heterocycles. The number of nitrogens with one attached hydrogen (secondary N) is 2. The van der Waals surface area contributed by atoms with Crippen LogP contribution < -0.4 is 10.6 Å². The molecule has 0 spiro atoms. The predicted molar refractivity (Wildman–Crippen MR) is 98.7 cm³/mol. The standard InChI is InChI=1S/C17H13FN4S2/c18-11-3-5-12(6-4-11)20-16-15-14(7-9-24-15)21-17(22-16)19-10-13-2-1-8-23-13/h1-9H,10H2,(H2,19,20,21,22). The summed E-state index contributed by atoms with van der Waals surface area (Å²) in [4.78, 5) is 10.3. The number of nitrogens with zero attached hydrogens (tertiary/aromatic N) is 2. The van der Waals surface area contributed by atoms with Crippen LogP contribution in [0.1, 0.15) is 4.88 Å². The van der Waals surface area contributed by atoms with Gasteiger partial charge in [-0.05, 0) is 47.2 Å². The van der Waals surface area contributed by atoms with Gasteiger partial charge in [-0.15, -0.1) is 22.7 Å². The Hall–Kier alpha value is -2.51. The quantitative estimate of drug-likeness (QED) is 0.513. The van der Waals surface area contributed by atoms with E-state index in [4.69, 9.17) is 0 Å². The summed E-state index contributed by atoms with van der Waals surface area (Å²) in [5.41, 5.74) is 1.67. The van der Waals surface area contributed by atoms with E-state index in [-0.39, 0.29) is 5.82 Å². The zero-order chi connectivity index (χ0) is 16.4. The molecule has 0 aliphatic heterocycles. The Labute approximate surface area is 146 Å². The third-order valence-corrected chi connectivity index (χ3v) is 5.20. The molecule has 0 saturated carbocycles. The van der Waals surface area contributed by atoms with Crippen LogP contribution in [0.5, 0.6) is 0 Å². The summed E-state index contributed by atoms with van der Waals surface area (Å²) >= 11 is 3.26. The van der Waals surface area contributed by atoms with Crippen LogP contribution in [0.15, 0.2) is 53.2 Å². The molecule has 4 aromatic rings. The van der Waals surface area contributed by atoms with E-state index < -0.39 is 0 Å². The number of benzene rings is 1. The summed E-state index contributed by atoms with van der Waals surface area (Å²) in [7, 11) is 0. The molecule has 0 aliphatic carbocycles. The lowest BCUT2D eigenvalue weighted by molar-refractivity contribution is 0.628. The van der Waals surface area contributed by atoms with Gasteiger partial charge in [0.1, 0.15) is 5.82 Å². The summed E-state index contributed by atoms with van der Waals surface area (Å²) < 4.78 is 14.0. The molecule has 0 bridgehead atoms. The lowest BCUT2D eigenvalue weighted by Gasteiger charge is -2.09. The highest BCUT2D eigenvalue weighted by atomic mass is 32.1. The van der Waals surface area contributed by atoms with Gasteiger partial charge in [0.15, 0.2) is 5.82 Å². The molecule has 0 fully saturated rings. The number of hydrogen-bond acceptors (Lipinski definition) is 6. The van der Waals surface area contributed by atoms with E-state index in [0.29, 0.717) is 12.5 Å². The van der Waals surface area contributed by atoms with Crippen molar-refractivity contribution in [1.82, 2.24) is 9.97 Å². The lowest BCUT2D eigenvalue weighted by Crippen LogP contribution is -2.04. The highest BCUT2D eigenvalue weighted by Gasteiger charge is 2.10. The number of halogens is 1. The van der Waals surface area contributed by atoms with Crippen molar-refractivity contribution in [1.29, 1.82) is 0 Å². The van der Waals surface area contributed by atoms with Gasteiger partial charge in [-0.2, -0.15) is 4.98 Å². The van der Waals surface area contributed by atoms with E-state index in [1.54, 1.807) is 34.8 Å². The molecule has 0 radical (unpaired) electrons. The van der Waals surface area contributed by atoms with Crippen LogP contribution in [0.25, 0.3) is 10.2 Å². The summed E-state index contributed by atoms with van der Waals surface area (Å²) in [6, 6.07) is 12.3. The average Bonchev–Trinajstić information content (AvgIpc) is 3.26. The summed E-state index contributed by atoms with van der Waals surface area (Å²) in [6.07, 6.45) is 0. The van der Waals surface area contributed by atoms with Crippen LogP contribution in [0.4, 0.5) is 21.8 Å². The first-order valence-corrected chi connectivity index (χ1v) is 9.08. The fraction of sp³-hybridized carbons (Fsp3) is 0.0588. The van der Waals surface area contributed by atoms with Gasteiger partial charge in [-0.25, -0.2) is 9.37 Å². The Morgan fingerprint density at radius 2 is 1.83 bits per heavy atom. The van der Waals surface area contributed by atoms with E-state index in [9.17, 15) is 4.39 Å². The molecule has 7 heteroatoms. The lowest BCUT2D eigenvalue weighted by atomic mass is 10.3. The first kappa shape index (κ1) is 15.0. The molecule has 0 aliphatic rings. The molecule has 3 aromatic heterocycles. The van der Waals surface area contributed by atoms with Crippen LogP contribution in [0.3, 0.4) is 0 Å². The highest BCUT2D eigenvalue weighted by molar-refractivity contribution is 7.17. The van der Waals surface area contributed by atoms with Crippen molar-refractivity contribution in [3.8, 4) is 0 Å². The minimum Gasteiger partial charge on any atom is -0.349 e. The molecular weight excluding hydrogens is 343 g/mol. The van der Waals surface area contributed by atoms with Gasteiger partial charge in [0.05, 0.1) is 16.8 Å². The van der Waals surface area contributed by atoms with Gasteiger partial charge >= 0.3 is 0 Å². The molecule has 2 N–H and O–H groups in total. The maximum Gasteiger partial charge on any atom is 0.225 e. The van der Waals surface area contributed by atoms with Crippen LogP contribution in [-0.2, 0) is 6.54 Å². The maximum absolute atomic E-state index is 13.1. The number of hydrogen-bond donors (Lipinski definition) is 2. The van der Waals surface area contributed by atoms with Gasteiger partial charge in [0, 0.05) is 10.6 Å². The Morgan fingerprint density at radius 1 is 0.958 bits per heavy atom. The van der Waals surface area contributed by atoms with Crippen LogP contribution in [0.2, 0.25) is 0 Å². The van der Waals surface area contributed by atoms with Crippen molar-refractivity contribution >= 4 is 50.3 Å². The molecule has 4 rings (SSSR count). The van der Waals surface area contributed by atoms with Crippen molar-refractivity contribution in [2.75, 3.05) is 10.6 Å². The van der Waals surface area contributed by atoms with E-state index in [1.165, 1.54) is 17.0 Å². The van der Waals surface area contributed by atoms with Crippen molar-refractivity contribution in [3.63, 3.8) is 0 Å².